The number of thiazole rings is 1. The summed E-state index contributed by atoms with van der Waals surface area (Å²) in [6.45, 7) is 5.98. The zero-order chi connectivity index (χ0) is 27.1. The van der Waals surface area contributed by atoms with Gasteiger partial charge in [0.15, 0.2) is 10.8 Å². The van der Waals surface area contributed by atoms with Crippen molar-refractivity contribution in [3.63, 3.8) is 0 Å². The van der Waals surface area contributed by atoms with Gasteiger partial charge in [0.1, 0.15) is 29.6 Å². The van der Waals surface area contributed by atoms with Crippen LogP contribution in [0.1, 0.15) is 11.4 Å². The highest BCUT2D eigenvalue weighted by molar-refractivity contribution is 7.13. The molecule has 7 rings (SSSR count). The highest BCUT2D eigenvalue weighted by Crippen LogP contribution is 2.35. The van der Waals surface area contributed by atoms with E-state index in [1.165, 1.54) is 0 Å². The first-order valence-electron chi connectivity index (χ1n) is 13.2. The number of aromatic nitrogens is 6. The molecule has 5 aromatic heterocycles. The maximum absolute atomic E-state index is 6.32. The Bertz CT molecular complexity index is 1790. The molecule has 0 amide bonds. The van der Waals surface area contributed by atoms with Crippen molar-refractivity contribution >= 4 is 38.8 Å². The number of ether oxygens (including phenoxy) is 2. The highest BCUT2D eigenvalue weighted by atomic mass is 32.1. The smallest absolute Gasteiger partial charge is 0.185 e. The summed E-state index contributed by atoms with van der Waals surface area (Å²) in [7, 11) is 1.66. The molecule has 0 spiro atoms. The maximum Gasteiger partial charge on any atom is 0.185 e. The molecule has 1 aliphatic rings. The molecule has 6 heterocycles. The van der Waals surface area contributed by atoms with Gasteiger partial charge in [0.05, 0.1) is 35.9 Å². The lowest BCUT2D eigenvalue weighted by atomic mass is 10.2. The van der Waals surface area contributed by atoms with Gasteiger partial charge >= 0.3 is 0 Å². The summed E-state index contributed by atoms with van der Waals surface area (Å²) in [5, 5.41) is 8.57. The van der Waals surface area contributed by atoms with Crippen molar-refractivity contribution in [1.29, 1.82) is 0 Å². The van der Waals surface area contributed by atoms with E-state index in [0.29, 0.717) is 12.4 Å². The summed E-state index contributed by atoms with van der Waals surface area (Å²) in [6, 6.07) is 15.9. The number of benzene rings is 1. The number of H-pyrrole nitrogens is 1. The summed E-state index contributed by atoms with van der Waals surface area (Å²) < 4.78 is 13.7. The number of pyridine rings is 1. The number of aryl methyl sites for hydroxylation is 1. The molecule has 0 aliphatic carbocycles. The largest absolute Gasteiger partial charge is 0.497 e. The van der Waals surface area contributed by atoms with Gasteiger partial charge in [0, 0.05) is 55.3 Å². The van der Waals surface area contributed by atoms with Gasteiger partial charge in [-0.05, 0) is 37.3 Å². The van der Waals surface area contributed by atoms with Crippen LogP contribution in [0.2, 0.25) is 0 Å². The van der Waals surface area contributed by atoms with E-state index in [9.17, 15) is 0 Å². The Kier molecular flexibility index (Phi) is 6.20. The first kappa shape index (κ1) is 24.4. The Hall–Kier alpha value is -4.64. The predicted molar refractivity (Wildman–Crippen MR) is 157 cm³/mol. The first-order valence-corrected chi connectivity index (χ1v) is 14.0. The molecule has 6 aromatic rings. The maximum atomic E-state index is 6.32. The molecule has 0 saturated carbocycles. The molecule has 11 heteroatoms. The average molecular weight is 553 g/mol. The molecule has 1 aliphatic heterocycles. The van der Waals surface area contributed by atoms with Crippen molar-refractivity contribution in [1.82, 2.24) is 29.5 Å². The summed E-state index contributed by atoms with van der Waals surface area (Å²) >= 11 is 1.66. The SMILES string of the molecule is COc1cc(OCc2csc(N3CCN(c4ccccn4)CC3)n2)c2cc(-c3cn4nc(C)ccc4n3)[nH]c2c1. The number of aromatic amines is 1. The zero-order valence-corrected chi connectivity index (χ0v) is 23.1. The van der Waals surface area contributed by atoms with Crippen molar-refractivity contribution in [2.24, 2.45) is 0 Å². The van der Waals surface area contributed by atoms with Gasteiger partial charge in [-0.2, -0.15) is 5.10 Å². The normalized spacial score (nSPS) is 13.8. The monoisotopic (exact) mass is 552 g/mol. The van der Waals surface area contributed by atoms with Gasteiger partial charge in [0.2, 0.25) is 0 Å². The van der Waals surface area contributed by atoms with Crippen LogP contribution in [0.4, 0.5) is 10.9 Å². The number of rotatable bonds is 7. The summed E-state index contributed by atoms with van der Waals surface area (Å²) in [6.07, 6.45) is 3.77. The van der Waals surface area contributed by atoms with E-state index in [-0.39, 0.29) is 0 Å². The fourth-order valence-electron chi connectivity index (χ4n) is 4.99. The first-order chi connectivity index (χ1) is 19.6. The lowest BCUT2D eigenvalue weighted by Crippen LogP contribution is -2.46. The number of nitrogens with one attached hydrogen (secondary N) is 1. The fourth-order valence-corrected chi connectivity index (χ4v) is 5.85. The summed E-state index contributed by atoms with van der Waals surface area (Å²) in [5.41, 5.74) is 5.25. The number of methoxy groups -OCH3 is 1. The van der Waals surface area contributed by atoms with Crippen molar-refractivity contribution in [3.8, 4) is 22.9 Å². The third-order valence-corrected chi connectivity index (χ3v) is 8.03. The molecule has 0 radical (unpaired) electrons. The molecule has 202 valence electrons. The van der Waals surface area contributed by atoms with E-state index in [1.54, 1.807) is 23.0 Å². The van der Waals surface area contributed by atoms with Gasteiger partial charge in [0.25, 0.3) is 0 Å². The topological polar surface area (TPSA) is 96.7 Å². The number of hydrogen-bond donors (Lipinski definition) is 1. The van der Waals surface area contributed by atoms with Crippen molar-refractivity contribution in [3.05, 3.63) is 77.7 Å². The molecule has 10 nitrogen and oxygen atoms in total. The van der Waals surface area contributed by atoms with Gasteiger partial charge in [-0.3, -0.25) is 0 Å². The molecule has 0 bridgehead atoms. The fraction of sp³-hybridized carbons (Fsp3) is 0.241. The second kappa shape index (κ2) is 10.2. The van der Waals surface area contributed by atoms with Crippen molar-refractivity contribution in [2.75, 3.05) is 43.1 Å². The second-order valence-corrected chi connectivity index (χ2v) is 10.6. The number of imidazole rings is 1. The van der Waals surface area contributed by atoms with Gasteiger partial charge < -0.3 is 24.3 Å². The number of fused-ring (bicyclic) bond motifs is 2. The lowest BCUT2D eigenvalue weighted by molar-refractivity contribution is 0.303. The Balaban J connectivity index is 1.07. The summed E-state index contributed by atoms with van der Waals surface area (Å²) in [5.74, 6) is 2.47. The Morgan fingerprint density at radius 1 is 1.00 bits per heavy atom. The van der Waals surface area contributed by atoms with E-state index < -0.39 is 0 Å². The van der Waals surface area contributed by atoms with Crippen LogP contribution in [0.3, 0.4) is 0 Å². The molecule has 1 N–H and O–H groups in total. The third-order valence-electron chi connectivity index (χ3n) is 7.08. The third kappa shape index (κ3) is 4.68. The van der Waals surface area contributed by atoms with Gasteiger partial charge in [-0.15, -0.1) is 11.3 Å². The number of piperazine rings is 1. The molecule has 1 aromatic carbocycles. The van der Waals surface area contributed by atoms with Crippen molar-refractivity contribution in [2.45, 2.75) is 13.5 Å². The molecular formula is C29H28N8O2S. The minimum Gasteiger partial charge on any atom is -0.497 e. The minimum atomic E-state index is 0.366. The standard InChI is InChI=1S/C29H28N8O2S/c1-19-6-7-28-33-25(16-37(28)34-19)24-15-22-23(32-24)13-21(38-2)14-26(22)39-17-20-18-40-29(31-20)36-11-9-35(10-12-36)27-5-3-4-8-30-27/h3-8,13-16,18,32H,9-12,17H2,1-2H3. The van der Waals surface area contributed by atoms with Crippen LogP contribution in [-0.4, -0.2) is 62.8 Å². The molecular weight excluding hydrogens is 524 g/mol. The van der Waals surface area contributed by atoms with Crippen LogP contribution in [0.5, 0.6) is 11.5 Å². The van der Waals surface area contributed by atoms with Gasteiger partial charge in [-0.1, -0.05) is 6.07 Å². The average Bonchev–Trinajstić information content (AvgIpc) is 3.74. The molecule has 1 saturated heterocycles. The van der Waals surface area contributed by atoms with E-state index in [1.807, 2.05) is 55.7 Å². The molecule has 1 fully saturated rings. The second-order valence-electron chi connectivity index (χ2n) is 9.75. The van der Waals surface area contributed by atoms with E-state index in [4.69, 9.17) is 19.4 Å². The van der Waals surface area contributed by atoms with Crippen LogP contribution in [-0.2, 0) is 6.61 Å². The number of hydrogen-bond acceptors (Lipinski definition) is 9. The van der Waals surface area contributed by atoms with E-state index in [2.05, 4.69) is 42.4 Å². The zero-order valence-electron chi connectivity index (χ0n) is 22.2. The Morgan fingerprint density at radius 3 is 2.70 bits per heavy atom. The van der Waals surface area contributed by atoms with Crippen LogP contribution in [0, 0.1) is 6.92 Å². The summed E-state index contributed by atoms with van der Waals surface area (Å²) in [4.78, 5) is 22.2. The molecule has 0 atom stereocenters. The van der Waals surface area contributed by atoms with E-state index >= 15 is 0 Å². The highest BCUT2D eigenvalue weighted by Gasteiger charge is 2.21. The Morgan fingerprint density at radius 2 is 1.88 bits per heavy atom. The van der Waals surface area contributed by atoms with Crippen LogP contribution in [0.25, 0.3) is 27.9 Å². The predicted octanol–water partition coefficient (Wildman–Crippen LogP) is 4.95. The minimum absolute atomic E-state index is 0.366. The number of anilines is 2. The van der Waals surface area contributed by atoms with Crippen LogP contribution < -0.4 is 19.3 Å². The number of nitrogens with zero attached hydrogens (tertiary/aromatic N) is 7. The van der Waals surface area contributed by atoms with Crippen molar-refractivity contribution < 1.29 is 9.47 Å². The quantitative estimate of drug-likeness (QED) is 0.297. The molecule has 40 heavy (non-hydrogen) atoms. The van der Waals surface area contributed by atoms with Gasteiger partial charge in [-0.25, -0.2) is 19.5 Å². The van der Waals surface area contributed by atoms with Crippen LogP contribution >= 0.6 is 11.3 Å². The molecule has 0 unspecified atom stereocenters. The van der Waals surface area contributed by atoms with E-state index in [0.717, 1.165) is 82.2 Å². The lowest BCUT2D eigenvalue weighted by Gasteiger charge is -2.35. The van der Waals surface area contributed by atoms with Crippen LogP contribution in [0.15, 0.2) is 66.3 Å². The Labute approximate surface area is 234 Å².